The number of hydrogen-bond donors (Lipinski definition) is 8. The Labute approximate surface area is 188 Å². The van der Waals surface area contributed by atoms with E-state index in [4.69, 9.17) is 38.9 Å². The molecule has 0 radical (unpaired) electrons. The van der Waals surface area contributed by atoms with Gasteiger partial charge in [-0.05, 0) is 67.9 Å². The second-order valence-corrected chi connectivity index (χ2v) is 6.80. The molecule has 11 nitrogen and oxygen atoms in total. The van der Waals surface area contributed by atoms with Crippen LogP contribution in [0, 0.1) is 10.8 Å². The van der Waals surface area contributed by atoms with Crippen molar-refractivity contribution in [2.75, 3.05) is 12.0 Å². The summed E-state index contributed by atoms with van der Waals surface area (Å²) in [5.41, 5.74) is 23.8. The summed E-state index contributed by atoms with van der Waals surface area (Å²) in [7, 11) is 0. The molecule has 0 aromatic heterocycles. The smallest absolute Gasteiger partial charge is 0.329 e. The van der Waals surface area contributed by atoms with Gasteiger partial charge in [0, 0.05) is 11.1 Å². The fourth-order valence-electron chi connectivity index (χ4n) is 2.28. The summed E-state index contributed by atoms with van der Waals surface area (Å²) >= 11 is 0. The first-order chi connectivity index (χ1) is 15.5. The van der Waals surface area contributed by atoms with Gasteiger partial charge in [-0.1, -0.05) is 5.22 Å². The molecule has 0 saturated heterocycles. The summed E-state index contributed by atoms with van der Waals surface area (Å²) < 4.78 is 24.2. The zero-order valence-electron chi connectivity index (χ0n) is 17.6. The third kappa shape index (κ3) is 8.59. The van der Waals surface area contributed by atoms with Crippen LogP contribution in [0.5, 0.6) is 0 Å². The number of carboxylic acid groups (broad SMARTS) is 1. The Morgan fingerprint density at radius 1 is 1.03 bits per heavy atom. The maximum absolute atomic E-state index is 12.1. The second-order valence-electron chi connectivity index (χ2n) is 6.80. The number of nitrogens with two attached hydrogens (primary N) is 4. The molecule has 2 rings (SSSR count). The van der Waals surface area contributed by atoms with E-state index in [0.29, 0.717) is 16.8 Å². The number of aliphatic carboxylic acids is 1. The van der Waals surface area contributed by atoms with Gasteiger partial charge in [0.2, 0.25) is 0 Å². The van der Waals surface area contributed by atoms with Gasteiger partial charge in [-0.2, -0.15) is 0 Å². The molecule has 2 aromatic carbocycles. The molecule has 0 heterocycles. The van der Waals surface area contributed by atoms with E-state index in [2.05, 4.69) is 15.8 Å². The van der Waals surface area contributed by atoms with Gasteiger partial charge in [0.05, 0.1) is 11.4 Å². The van der Waals surface area contributed by atoms with Crippen LogP contribution >= 0.6 is 0 Å². The normalized spacial score (nSPS) is 12.5. The fourth-order valence-corrected chi connectivity index (χ4v) is 2.28. The number of benzene rings is 2. The zero-order chi connectivity index (χ0) is 25.0. The molecule has 0 bridgehead atoms. The van der Waals surface area contributed by atoms with Gasteiger partial charge < -0.3 is 28.0 Å². The molecule has 0 aliphatic carbocycles. The van der Waals surface area contributed by atoms with Crippen molar-refractivity contribution in [1.82, 2.24) is 0 Å². The number of nitrogens with one attached hydrogen (secondary N) is 3. The number of anilines is 1. The highest BCUT2D eigenvalue weighted by molar-refractivity contribution is 5.95. The van der Waals surface area contributed by atoms with Gasteiger partial charge in [-0.25, -0.2) is 13.6 Å². The van der Waals surface area contributed by atoms with Crippen LogP contribution in [-0.2, 0) is 4.79 Å². The molecule has 0 spiro atoms. The standard InChI is InChI=1S/C14H15N7.C6H12F2N2O2/c15-13(16)9-1-5-11(6-2-9)19-21-20-12-7-3-10(4-8-12)14(17)18;7-4(8)6(10,5(11)12)2-1-3-9/h1-8H,(H3,15,16)(H3,17,18)(H,19,20);4H,1-3,9-10H2,(H,11,12). The van der Waals surface area contributed by atoms with Crippen LogP contribution < -0.4 is 28.4 Å². The van der Waals surface area contributed by atoms with Crippen LogP contribution in [0.1, 0.15) is 24.0 Å². The van der Waals surface area contributed by atoms with E-state index in [1.807, 2.05) is 0 Å². The van der Waals surface area contributed by atoms with Gasteiger partial charge in [0.15, 0.2) is 5.54 Å². The highest BCUT2D eigenvalue weighted by Crippen LogP contribution is 2.19. The lowest BCUT2D eigenvalue weighted by Gasteiger charge is -2.22. The summed E-state index contributed by atoms with van der Waals surface area (Å²) in [4.78, 5) is 10.3. The Bertz CT molecular complexity index is 967. The number of alkyl halides is 2. The predicted octanol–water partition coefficient (Wildman–Crippen LogP) is 2.14. The maximum Gasteiger partial charge on any atom is 0.329 e. The lowest BCUT2D eigenvalue weighted by molar-refractivity contribution is -0.150. The average molecular weight is 463 g/mol. The minimum atomic E-state index is -3.07. The van der Waals surface area contributed by atoms with Crippen molar-refractivity contribution in [3.05, 3.63) is 59.7 Å². The van der Waals surface area contributed by atoms with Crippen molar-refractivity contribution in [2.45, 2.75) is 24.8 Å². The molecule has 0 aliphatic rings. The molecule has 0 amide bonds. The molecule has 13 heteroatoms. The van der Waals surface area contributed by atoms with Gasteiger partial charge in [-0.3, -0.25) is 16.2 Å². The minimum absolute atomic E-state index is 0.0159. The molecule has 0 aliphatic heterocycles. The number of nitrogens with zero attached hydrogens (tertiary/aromatic N) is 2. The third-order valence-corrected chi connectivity index (χ3v) is 4.30. The summed E-state index contributed by atoms with van der Waals surface area (Å²) in [6, 6.07) is 13.8. The Balaban J connectivity index is 0.000000389. The van der Waals surface area contributed by atoms with Crippen LogP contribution in [-0.4, -0.2) is 41.3 Å². The number of amidine groups is 2. The molecule has 0 saturated carbocycles. The molecule has 2 aromatic rings. The van der Waals surface area contributed by atoms with Crippen molar-refractivity contribution in [2.24, 2.45) is 33.3 Å². The van der Waals surface area contributed by atoms with Gasteiger partial charge in [0.25, 0.3) is 6.43 Å². The van der Waals surface area contributed by atoms with Crippen LogP contribution in [0.2, 0.25) is 0 Å². The van der Waals surface area contributed by atoms with Crippen molar-refractivity contribution in [3.8, 4) is 0 Å². The molecule has 12 N–H and O–H groups in total. The molecule has 0 fully saturated rings. The number of hydrogen-bond acceptors (Lipinski definition) is 7. The SMILES string of the molecule is N=C(N)c1ccc(N=NNc2ccc(C(=N)N)cc2)cc1.NCCCC(N)(C(=O)O)C(F)F. The lowest BCUT2D eigenvalue weighted by Crippen LogP contribution is -2.54. The predicted molar refractivity (Wildman–Crippen MR) is 122 cm³/mol. The van der Waals surface area contributed by atoms with Crippen LogP contribution in [0.15, 0.2) is 58.9 Å². The second kappa shape index (κ2) is 12.8. The first-order valence-corrected chi connectivity index (χ1v) is 9.57. The van der Waals surface area contributed by atoms with Gasteiger partial charge >= 0.3 is 5.97 Å². The summed E-state index contributed by atoms with van der Waals surface area (Å²) in [5, 5.41) is 30.8. The monoisotopic (exact) mass is 463 g/mol. The molecular formula is C20H27F2N9O2. The molecule has 1 unspecified atom stereocenters. The van der Waals surface area contributed by atoms with E-state index in [1.165, 1.54) is 0 Å². The first-order valence-electron chi connectivity index (χ1n) is 9.57. The number of carbonyl (C=O) groups is 1. The minimum Gasteiger partial charge on any atom is -0.480 e. The third-order valence-electron chi connectivity index (χ3n) is 4.30. The Morgan fingerprint density at radius 3 is 1.91 bits per heavy atom. The largest absolute Gasteiger partial charge is 0.480 e. The van der Waals surface area contributed by atoms with Crippen molar-refractivity contribution < 1.29 is 18.7 Å². The average Bonchev–Trinajstić information content (AvgIpc) is 2.78. The number of rotatable bonds is 10. The molecule has 1 atom stereocenters. The van der Waals surface area contributed by atoms with Crippen LogP contribution in [0.25, 0.3) is 0 Å². The van der Waals surface area contributed by atoms with Gasteiger partial charge in [-0.15, -0.1) is 5.11 Å². The van der Waals surface area contributed by atoms with E-state index < -0.39 is 17.9 Å². The molecule has 178 valence electrons. The summed E-state index contributed by atoms with van der Waals surface area (Å²) in [6.07, 6.45) is -3.20. The molecular weight excluding hydrogens is 436 g/mol. The van der Waals surface area contributed by atoms with Crippen LogP contribution in [0.4, 0.5) is 20.2 Å². The Morgan fingerprint density at radius 2 is 1.52 bits per heavy atom. The van der Waals surface area contributed by atoms with Gasteiger partial charge in [0.1, 0.15) is 11.7 Å². The number of nitrogen functional groups attached to an aromatic ring is 2. The van der Waals surface area contributed by atoms with E-state index in [9.17, 15) is 13.6 Å². The molecule has 33 heavy (non-hydrogen) atoms. The van der Waals surface area contributed by atoms with Crippen LogP contribution in [0.3, 0.4) is 0 Å². The number of carboxylic acids is 1. The maximum atomic E-state index is 12.1. The highest BCUT2D eigenvalue weighted by Gasteiger charge is 2.42. The van der Waals surface area contributed by atoms with E-state index >= 15 is 0 Å². The van der Waals surface area contributed by atoms with Crippen molar-refractivity contribution in [3.63, 3.8) is 0 Å². The van der Waals surface area contributed by atoms with Crippen molar-refractivity contribution >= 4 is 29.0 Å². The van der Waals surface area contributed by atoms with Crippen molar-refractivity contribution in [1.29, 1.82) is 10.8 Å². The summed E-state index contributed by atoms with van der Waals surface area (Å²) in [5.74, 6) is -1.65. The van der Waals surface area contributed by atoms with E-state index in [1.54, 1.807) is 48.5 Å². The van der Waals surface area contributed by atoms with E-state index in [0.717, 1.165) is 5.69 Å². The summed E-state index contributed by atoms with van der Waals surface area (Å²) in [6.45, 7) is 0.152. The zero-order valence-corrected chi connectivity index (χ0v) is 17.6. The lowest BCUT2D eigenvalue weighted by atomic mass is 9.95. The number of halogens is 2. The Hall–Kier alpha value is -3.97. The quantitative estimate of drug-likeness (QED) is 0.113. The Kier molecular flexibility index (Phi) is 10.5. The fraction of sp³-hybridized carbons (Fsp3) is 0.250. The highest BCUT2D eigenvalue weighted by atomic mass is 19.3. The first kappa shape index (κ1) is 27.1. The topological polar surface area (TPSA) is 226 Å². The van der Waals surface area contributed by atoms with E-state index in [-0.39, 0.29) is 31.1 Å².